The standard InChI is InChI=1S/C18H26O4/c1-4-6-7-11-15(10-5-2)18(20)22-17-13-9-8-12-16(17)21-14(3)19/h8-9,12-13,15H,4-7,10-11H2,1-3H3. The van der Waals surface area contributed by atoms with Crippen molar-refractivity contribution in [2.75, 3.05) is 0 Å². The summed E-state index contributed by atoms with van der Waals surface area (Å²) in [5, 5.41) is 0. The van der Waals surface area contributed by atoms with Crippen LogP contribution in [0, 0.1) is 5.92 Å². The average molecular weight is 306 g/mol. The molecule has 4 nitrogen and oxygen atoms in total. The van der Waals surface area contributed by atoms with Gasteiger partial charge >= 0.3 is 11.9 Å². The van der Waals surface area contributed by atoms with Gasteiger partial charge in [-0.25, -0.2) is 0 Å². The van der Waals surface area contributed by atoms with Gasteiger partial charge in [-0.15, -0.1) is 0 Å². The summed E-state index contributed by atoms with van der Waals surface area (Å²) in [5.74, 6) is -0.178. The third-order valence-corrected chi connectivity index (χ3v) is 3.44. The zero-order valence-electron chi connectivity index (χ0n) is 13.8. The van der Waals surface area contributed by atoms with E-state index in [2.05, 4.69) is 13.8 Å². The van der Waals surface area contributed by atoms with Crippen molar-refractivity contribution >= 4 is 11.9 Å². The molecule has 4 heteroatoms. The van der Waals surface area contributed by atoms with Gasteiger partial charge in [0, 0.05) is 6.92 Å². The zero-order chi connectivity index (χ0) is 16.4. The van der Waals surface area contributed by atoms with Crippen LogP contribution in [0.5, 0.6) is 11.5 Å². The number of esters is 2. The molecule has 1 aromatic carbocycles. The molecule has 0 amide bonds. The lowest BCUT2D eigenvalue weighted by molar-refractivity contribution is -0.140. The second-order valence-corrected chi connectivity index (χ2v) is 5.44. The van der Waals surface area contributed by atoms with Crippen molar-refractivity contribution in [1.29, 1.82) is 0 Å². The molecule has 122 valence electrons. The van der Waals surface area contributed by atoms with Gasteiger partial charge in [-0.1, -0.05) is 51.7 Å². The van der Waals surface area contributed by atoms with E-state index in [0.29, 0.717) is 5.75 Å². The highest BCUT2D eigenvalue weighted by Crippen LogP contribution is 2.28. The predicted octanol–water partition coefficient (Wildman–Crippen LogP) is 4.51. The van der Waals surface area contributed by atoms with Crippen LogP contribution in [0.4, 0.5) is 0 Å². The van der Waals surface area contributed by atoms with E-state index in [1.807, 2.05) is 0 Å². The van der Waals surface area contributed by atoms with Crippen LogP contribution >= 0.6 is 0 Å². The lowest BCUT2D eigenvalue weighted by atomic mass is 9.97. The molecule has 0 saturated heterocycles. The molecule has 0 saturated carbocycles. The first kappa shape index (κ1) is 18.2. The molecule has 0 spiro atoms. The quantitative estimate of drug-likeness (QED) is 0.382. The number of benzene rings is 1. The van der Waals surface area contributed by atoms with Crippen LogP contribution < -0.4 is 9.47 Å². The normalized spacial score (nSPS) is 11.8. The summed E-state index contributed by atoms with van der Waals surface area (Å²) in [7, 11) is 0. The maximum absolute atomic E-state index is 12.4. The van der Waals surface area contributed by atoms with E-state index in [1.54, 1.807) is 24.3 Å². The van der Waals surface area contributed by atoms with Crippen molar-refractivity contribution in [2.45, 2.75) is 59.3 Å². The van der Waals surface area contributed by atoms with Crippen molar-refractivity contribution < 1.29 is 19.1 Å². The number of ether oxygens (including phenoxy) is 2. The number of carbonyl (C=O) groups excluding carboxylic acids is 2. The molecule has 0 aromatic heterocycles. The molecular weight excluding hydrogens is 280 g/mol. The highest BCUT2D eigenvalue weighted by molar-refractivity contribution is 5.77. The monoisotopic (exact) mass is 306 g/mol. The molecule has 1 aromatic rings. The Morgan fingerprint density at radius 1 is 0.955 bits per heavy atom. The summed E-state index contributed by atoms with van der Waals surface area (Å²) < 4.78 is 10.5. The van der Waals surface area contributed by atoms with Gasteiger partial charge in [0.2, 0.25) is 0 Å². The first-order valence-electron chi connectivity index (χ1n) is 8.07. The Morgan fingerprint density at radius 2 is 1.59 bits per heavy atom. The van der Waals surface area contributed by atoms with Gasteiger partial charge < -0.3 is 9.47 Å². The Hall–Kier alpha value is -1.84. The summed E-state index contributed by atoms with van der Waals surface area (Å²) in [6.07, 6.45) is 5.88. The van der Waals surface area contributed by atoms with Gasteiger partial charge in [-0.2, -0.15) is 0 Å². The van der Waals surface area contributed by atoms with Crippen LogP contribution in [0.3, 0.4) is 0 Å². The fraction of sp³-hybridized carbons (Fsp3) is 0.556. The van der Waals surface area contributed by atoms with E-state index in [1.165, 1.54) is 6.92 Å². The second kappa shape index (κ2) is 9.98. The Kier molecular flexibility index (Phi) is 8.26. The molecule has 1 atom stereocenters. The summed E-state index contributed by atoms with van der Waals surface area (Å²) in [4.78, 5) is 23.5. The molecule has 0 bridgehead atoms. The smallest absolute Gasteiger partial charge is 0.314 e. The largest absolute Gasteiger partial charge is 0.423 e. The molecule has 1 rings (SSSR count). The number of para-hydroxylation sites is 2. The minimum Gasteiger partial charge on any atom is -0.423 e. The van der Waals surface area contributed by atoms with Crippen LogP contribution in [-0.4, -0.2) is 11.9 Å². The van der Waals surface area contributed by atoms with Crippen LogP contribution in [0.2, 0.25) is 0 Å². The average Bonchev–Trinajstić information content (AvgIpc) is 2.48. The fourth-order valence-corrected chi connectivity index (χ4v) is 2.33. The van der Waals surface area contributed by atoms with Crippen molar-refractivity contribution in [3.63, 3.8) is 0 Å². The van der Waals surface area contributed by atoms with Gasteiger partial charge in [-0.3, -0.25) is 9.59 Å². The van der Waals surface area contributed by atoms with Crippen LogP contribution in [0.15, 0.2) is 24.3 Å². The highest BCUT2D eigenvalue weighted by Gasteiger charge is 2.21. The van der Waals surface area contributed by atoms with Crippen LogP contribution in [0.25, 0.3) is 0 Å². The Labute approximate surface area is 132 Å². The third kappa shape index (κ3) is 6.29. The van der Waals surface area contributed by atoms with E-state index in [-0.39, 0.29) is 17.6 Å². The Morgan fingerprint density at radius 3 is 2.14 bits per heavy atom. The van der Waals surface area contributed by atoms with E-state index >= 15 is 0 Å². The molecule has 0 heterocycles. The van der Waals surface area contributed by atoms with Gasteiger partial charge in [0.1, 0.15) is 0 Å². The number of rotatable bonds is 9. The summed E-state index contributed by atoms with van der Waals surface area (Å²) in [5.41, 5.74) is 0. The van der Waals surface area contributed by atoms with Crippen LogP contribution in [0.1, 0.15) is 59.3 Å². The molecule has 0 N–H and O–H groups in total. The highest BCUT2D eigenvalue weighted by atomic mass is 16.6. The van der Waals surface area contributed by atoms with Crippen molar-refractivity contribution in [2.24, 2.45) is 5.92 Å². The lowest BCUT2D eigenvalue weighted by Crippen LogP contribution is -2.21. The van der Waals surface area contributed by atoms with E-state index in [9.17, 15) is 9.59 Å². The van der Waals surface area contributed by atoms with Gasteiger partial charge in [0.25, 0.3) is 0 Å². The van der Waals surface area contributed by atoms with E-state index in [0.717, 1.165) is 38.5 Å². The first-order valence-corrected chi connectivity index (χ1v) is 8.07. The SMILES string of the molecule is CCCCCC(CCC)C(=O)Oc1ccccc1OC(C)=O. The van der Waals surface area contributed by atoms with Crippen molar-refractivity contribution in [1.82, 2.24) is 0 Å². The maximum Gasteiger partial charge on any atom is 0.314 e. The second-order valence-electron chi connectivity index (χ2n) is 5.44. The molecule has 0 aliphatic rings. The molecule has 0 aliphatic carbocycles. The fourth-order valence-electron chi connectivity index (χ4n) is 2.33. The predicted molar refractivity (Wildman–Crippen MR) is 85.9 cm³/mol. The first-order chi connectivity index (χ1) is 10.6. The summed E-state index contributed by atoms with van der Waals surface area (Å²) >= 11 is 0. The van der Waals surface area contributed by atoms with Gasteiger partial charge in [0.15, 0.2) is 11.5 Å². The van der Waals surface area contributed by atoms with Gasteiger partial charge in [0.05, 0.1) is 5.92 Å². The maximum atomic E-state index is 12.4. The third-order valence-electron chi connectivity index (χ3n) is 3.44. The van der Waals surface area contributed by atoms with E-state index in [4.69, 9.17) is 9.47 Å². The summed E-state index contributed by atoms with van der Waals surface area (Å²) in [6, 6.07) is 6.75. The summed E-state index contributed by atoms with van der Waals surface area (Å²) in [6.45, 7) is 5.53. The van der Waals surface area contributed by atoms with Crippen LogP contribution in [-0.2, 0) is 9.59 Å². The minimum absolute atomic E-state index is 0.0954. The number of hydrogen-bond donors (Lipinski definition) is 0. The Balaban J connectivity index is 2.73. The number of unbranched alkanes of at least 4 members (excludes halogenated alkanes) is 2. The molecule has 1 unspecified atom stereocenters. The minimum atomic E-state index is -0.434. The molecular formula is C18H26O4. The molecule has 0 radical (unpaired) electrons. The lowest BCUT2D eigenvalue weighted by Gasteiger charge is -2.16. The van der Waals surface area contributed by atoms with Crippen molar-refractivity contribution in [3.05, 3.63) is 24.3 Å². The molecule has 22 heavy (non-hydrogen) atoms. The zero-order valence-corrected chi connectivity index (χ0v) is 13.8. The topological polar surface area (TPSA) is 52.6 Å². The van der Waals surface area contributed by atoms with Crippen molar-refractivity contribution in [3.8, 4) is 11.5 Å². The number of hydrogen-bond acceptors (Lipinski definition) is 4. The van der Waals surface area contributed by atoms with E-state index < -0.39 is 5.97 Å². The Bertz CT molecular complexity index is 482. The molecule has 0 fully saturated rings. The van der Waals surface area contributed by atoms with Gasteiger partial charge in [-0.05, 0) is 25.0 Å². The molecule has 0 aliphatic heterocycles. The number of carbonyl (C=O) groups is 2.